The van der Waals surface area contributed by atoms with Gasteiger partial charge >= 0.3 is 6.09 Å². The Labute approximate surface area is 242 Å². The van der Waals surface area contributed by atoms with Crippen molar-refractivity contribution in [2.75, 3.05) is 10.6 Å². The average molecular weight is 589 g/mol. The number of hydrogen-bond donors (Lipinski definition) is 3. The molecule has 4 N–H and O–H groups in total. The van der Waals surface area contributed by atoms with Gasteiger partial charge in [0.2, 0.25) is 11.8 Å². The summed E-state index contributed by atoms with van der Waals surface area (Å²) in [6.07, 6.45) is 0.139. The van der Waals surface area contributed by atoms with Gasteiger partial charge in [-0.2, -0.15) is 5.10 Å². The molecule has 0 aliphatic rings. The van der Waals surface area contributed by atoms with Gasteiger partial charge in [-0.25, -0.2) is 13.9 Å². The Hall–Kier alpha value is -4.19. The molecule has 0 unspecified atom stereocenters. The predicted octanol–water partition coefficient (Wildman–Crippen LogP) is 6.05. The minimum atomic E-state index is -0.924. The Bertz CT molecular complexity index is 1490. The number of hydrogen-bond acceptors (Lipinski definition) is 7. The van der Waals surface area contributed by atoms with Crippen LogP contribution in [-0.4, -0.2) is 38.4 Å². The van der Waals surface area contributed by atoms with Gasteiger partial charge in [0.15, 0.2) is 0 Å². The molecule has 0 bridgehead atoms. The molecule has 220 valence electrons. The summed E-state index contributed by atoms with van der Waals surface area (Å²) in [6.45, 7) is 14.3. The number of benzene rings is 1. The average Bonchev–Trinajstić information content (AvgIpc) is 3.44. The van der Waals surface area contributed by atoms with Crippen molar-refractivity contribution >= 4 is 41.2 Å². The number of ether oxygens (including phenoxy) is 1. The smallest absolute Gasteiger partial charge is 0.413 e. The second-order valence-electron chi connectivity index (χ2n) is 10.9. The molecule has 11 nitrogen and oxygen atoms in total. The summed E-state index contributed by atoms with van der Waals surface area (Å²) in [6, 6.07) is 4.03. The fourth-order valence-corrected chi connectivity index (χ4v) is 4.12. The van der Waals surface area contributed by atoms with Gasteiger partial charge < -0.3 is 15.0 Å². The number of nitrogens with one attached hydrogen (secondary N) is 2. The molecule has 0 radical (unpaired) electrons. The number of rotatable bonds is 10. The number of amides is 3. The van der Waals surface area contributed by atoms with E-state index in [9.17, 15) is 14.4 Å². The standard InChI is InChI=1S/C28H34ClFN6O5/c1-14(2)8-10-17-13-20(41-35-17)32-19(37)12-16-9-11-18(22(29)23(16)30)24-21(25(31)38)26(36(34-24)15(3)4)33-27(39)40-28(5,6)7/h9,11,13,15H,1,8,10,12H2,2-7H3,(H2,31,38)(H,32,37)(H,33,39). The van der Waals surface area contributed by atoms with Crippen molar-refractivity contribution in [3.05, 3.63) is 58.0 Å². The summed E-state index contributed by atoms with van der Waals surface area (Å²) in [5.74, 6) is -2.25. The van der Waals surface area contributed by atoms with Crippen molar-refractivity contribution in [3.63, 3.8) is 0 Å². The van der Waals surface area contributed by atoms with Crippen LogP contribution in [0.25, 0.3) is 11.3 Å². The van der Waals surface area contributed by atoms with Gasteiger partial charge in [0.05, 0.1) is 17.1 Å². The molecule has 0 aliphatic heterocycles. The van der Waals surface area contributed by atoms with Crippen LogP contribution in [0.1, 0.15) is 75.6 Å². The molecule has 0 atom stereocenters. The molecule has 0 saturated heterocycles. The van der Waals surface area contributed by atoms with Gasteiger partial charge in [-0.15, -0.1) is 6.58 Å². The molecule has 3 rings (SSSR count). The number of anilines is 2. The zero-order chi connectivity index (χ0) is 30.6. The maximum atomic E-state index is 15.4. The predicted molar refractivity (Wildman–Crippen MR) is 153 cm³/mol. The largest absolute Gasteiger partial charge is 0.444 e. The Balaban J connectivity index is 1.90. The Morgan fingerprint density at radius 2 is 1.93 bits per heavy atom. The van der Waals surface area contributed by atoms with Crippen LogP contribution in [0.3, 0.4) is 0 Å². The highest BCUT2D eigenvalue weighted by Gasteiger charge is 2.29. The van der Waals surface area contributed by atoms with Crippen molar-refractivity contribution < 1.29 is 28.0 Å². The SMILES string of the molecule is C=C(C)CCc1cc(NC(=O)Cc2ccc(-c3nn(C(C)C)c(NC(=O)OC(C)(C)C)c3C(N)=O)c(Cl)c2F)on1. The van der Waals surface area contributed by atoms with E-state index in [1.165, 1.54) is 16.8 Å². The fourth-order valence-electron chi connectivity index (χ4n) is 3.84. The zero-order valence-corrected chi connectivity index (χ0v) is 24.6. The first-order valence-electron chi connectivity index (χ1n) is 12.9. The number of halogens is 2. The summed E-state index contributed by atoms with van der Waals surface area (Å²) in [4.78, 5) is 37.7. The van der Waals surface area contributed by atoms with Gasteiger partial charge in [-0.05, 0) is 59.9 Å². The lowest BCUT2D eigenvalue weighted by Crippen LogP contribution is -2.29. The van der Waals surface area contributed by atoms with Crippen LogP contribution in [0.15, 0.2) is 34.9 Å². The lowest BCUT2D eigenvalue weighted by atomic mass is 10.0. The monoisotopic (exact) mass is 588 g/mol. The molecule has 2 heterocycles. The Morgan fingerprint density at radius 1 is 1.24 bits per heavy atom. The maximum absolute atomic E-state index is 15.4. The van der Waals surface area contributed by atoms with Crippen molar-refractivity contribution in [1.29, 1.82) is 0 Å². The van der Waals surface area contributed by atoms with Crippen molar-refractivity contribution in [3.8, 4) is 11.3 Å². The minimum Gasteiger partial charge on any atom is -0.444 e. The molecule has 0 fully saturated rings. The maximum Gasteiger partial charge on any atom is 0.413 e. The van der Waals surface area contributed by atoms with Crippen molar-refractivity contribution in [2.45, 2.75) is 72.4 Å². The molecule has 13 heteroatoms. The van der Waals surface area contributed by atoms with Crippen LogP contribution >= 0.6 is 11.6 Å². The fraction of sp³-hybridized carbons (Fsp3) is 0.393. The lowest BCUT2D eigenvalue weighted by Gasteiger charge is -2.20. The van der Waals surface area contributed by atoms with E-state index in [4.69, 9.17) is 26.6 Å². The van der Waals surface area contributed by atoms with Gasteiger partial charge in [-0.1, -0.05) is 34.5 Å². The van der Waals surface area contributed by atoms with Gasteiger partial charge in [-0.3, -0.25) is 20.2 Å². The third-order valence-corrected chi connectivity index (χ3v) is 6.03. The third-order valence-electron chi connectivity index (χ3n) is 5.66. The number of nitrogens with zero attached hydrogens (tertiary/aromatic N) is 3. The number of aryl methyl sites for hydroxylation is 1. The second kappa shape index (κ2) is 12.5. The van der Waals surface area contributed by atoms with E-state index < -0.39 is 29.3 Å². The molecule has 41 heavy (non-hydrogen) atoms. The number of nitrogens with two attached hydrogens (primary N) is 1. The molecule has 1 aromatic carbocycles. The molecular formula is C28H34ClFN6O5. The number of carbonyl (C=O) groups excluding carboxylic acids is 3. The molecule has 2 aromatic heterocycles. The highest BCUT2D eigenvalue weighted by atomic mass is 35.5. The normalized spacial score (nSPS) is 11.4. The number of primary amides is 1. The Kier molecular flexibility index (Phi) is 9.59. The van der Waals surface area contributed by atoms with Crippen LogP contribution in [0.5, 0.6) is 0 Å². The minimum absolute atomic E-state index is 0.00529. The molecular weight excluding hydrogens is 555 g/mol. The topological polar surface area (TPSA) is 154 Å². The number of carbonyl (C=O) groups is 3. The van der Waals surface area contributed by atoms with E-state index in [1.807, 2.05) is 6.92 Å². The molecule has 3 amide bonds. The summed E-state index contributed by atoms with van der Waals surface area (Å²) < 4.78 is 27.2. The van der Waals surface area contributed by atoms with Crippen LogP contribution in [-0.2, 0) is 22.4 Å². The van der Waals surface area contributed by atoms with Crippen LogP contribution in [0, 0.1) is 5.82 Å². The van der Waals surface area contributed by atoms with E-state index in [0.717, 1.165) is 12.0 Å². The van der Waals surface area contributed by atoms with Gasteiger partial charge in [0, 0.05) is 17.7 Å². The molecule has 0 saturated carbocycles. The summed E-state index contributed by atoms with van der Waals surface area (Å²) in [7, 11) is 0. The number of aromatic nitrogens is 3. The first-order chi connectivity index (χ1) is 19.1. The third kappa shape index (κ3) is 7.94. The van der Waals surface area contributed by atoms with Crippen LogP contribution in [0.4, 0.5) is 20.9 Å². The van der Waals surface area contributed by atoms with E-state index in [2.05, 4.69) is 27.5 Å². The van der Waals surface area contributed by atoms with Crippen molar-refractivity contribution in [1.82, 2.24) is 14.9 Å². The quantitative estimate of drug-likeness (QED) is 0.244. The first-order valence-corrected chi connectivity index (χ1v) is 13.2. The summed E-state index contributed by atoms with van der Waals surface area (Å²) in [5.41, 5.74) is 6.32. The van der Waals surface area contributed by atoms with E-state index in [1.54, 1.807) is 40.7 Å². The zero-order valence-electron chi connectivity index (χ0n) is 23.9. The van der Waals surface area contributed by atoms with E-state index >= 15 is 4.39 Å². The van der Waals surface area contributed by atoms with Crippen LogP contribution in [0.2, 0.25) is 5.02 Å². The highest BCUT2D eigenvalue weighted by molar-refractivity contribution is 6.33. The van der Waals surface area contributed by atoms with Crippen molar-refractivity contribution in [2.24, 2.45) is 5.73 Å². The van der Waals surface area contributed by atoms with E-state index in [0.29, 0.717) is 12.1 Å². The highest BCUT2D eigenvalue weighted by Crippen LogP contribution is 2.37. The first kappa shape index (κ1) is 31.3. The Morgan fingerprint density at radius 3 is 2.51 bits per heavy atom. The molecule has 0 aliphatic carbocycles. The van der Waals surface area contributed by atoms with Gasteiger partial charge in [0.1, 0.15) is 28.5 Å². The van der Waals surface area contributed by atoms with Crippen LogP contribution < -0.4 is 16.4 Å². The number of allylic oxidation sites excluding steroid dienone is 1. The molecule has 3 aromatic rings. The van der Waals surface area contributed by atoms with E-state index in [-0.39, 0.29) is 51.6 Å². The summed E-state index contributed by atoms with van der Waals surface area (Å²) >= 11 is 6.40. The van der Waals surface area contributed by atoms with Gasteiger partial charge in [0.25, 0.3) is 5.91 Å². The lowest BCUT2D eigenvalue weighted by molar-refractivity contribution is -0.115. The second-order valence-corrected chi connectivity index (χ2v) is 11.2. The molecule has 0 spiro atoms. The summed E-state index contributed by atoms with van der Waals surface area (Å²) in [5, 5.41) is 13.0.